The van der Waals surface area contributed by atoms with Crippen LogP contribution < -0.4 is 5.32 Å². The molecule has 0 amide bonds. The van der Waals surface area contributed by atoms with Gasteiger partial charge < -0.3 is 5.32 Å². The van der Waals surface area contributed by atoms with Crippen LogP contribution in [0.5, 0.6) is 0 Å². The standard InChI is InChI=1S/C14H14BrCl2NS/c1-3-18-13(10-7-11(16)19-14(10)17)9-6-4-5-8(2)12(9)15/h4-7,13,18H,3H2,1-2H3. The van der Waals surface area contributed by atoms with Crippen molar-refractivity contribution in [1.82, 2.24) is 5.32 Å². The third-order valence-corrected chi connectivity index (χ3v) is 5.54. The van der Waals surface area contributed by atoms with Crippen molar-refractivity contribution < 1.29 is 0 Å². The predicted octanol–water partition coefficient (Wildman–Crippen LogP) is 5.82. The third-order valence-electron chi connectivity index (χ3n) is 2.93. The number of rotatable bonds is 4. The van der Waals surface area contributed by atoms with Crippen molar-refractivity contribution in [3.63, 3.8) is 0 Å². The SMILES string of the molecule is CCNC(c1cc(Cl)sc1Cl)c1cccc(C)c1Br. The molecule has 2 aromatic rings. The van der Waals surface area contributed by atoms with Crippen LogP contribution in [0, 0.1) is 6.92 Å². The highest BCUT2D eigenvalue weighted by atomic mass is 79.9. The van der Waals surface area contributed by atoms with Gasteiger partial charge in [-0.15, -0.1) is 11.3 Å². The highest BCUT2D eigenvalue weighted by Gasteiger charge is 2.21. The van der Waals surface area contributed by atoms with Gasteiger partial charge in [0.15, 0.2) is 0 Å². The Bertz CT molecular complexity index is 583. The summed E-state index contributed by atoms with van der Waals surface area (Å²) in [7, 11) is 0. The van der Waals surface area contributed by atoms with Crippen LogP contribution in [-0.4, -0.2) is 6.54 Å². The number of aryl methyl sites for hydroxylation is 1. The maximum atomic E-state index is 6.30. The summed E-state index contributed by atoms with van der Waals surface area (Å²) in [5.74, 6) is 0. The smallest absolute Gasteiger partial charge is 0.0995 e. The van der Waals surface area contributed by atoms with Gasteiger partial charge in [-0.1, -0.05) is 64.3 Å². The lowest BCUT2D eigenvalue weighted by atomic mass is 9.99. The Kier molecular flexibility index (Phi) is 5.32. The van der Waals surface area contributed by atoms with Crippen LogP contribution >= 0.6 is 50.5 Å². The minimum absolute atomic E-state index is 0.0514. The summed E-state index contributed by atoms with van der Waals surface area (Å²) < 4.78 is 2.57. The van der Waals surface area contributed by atoms with Crippen LogP contribution in [0.25, 0.3) is 0 Å². The lowest BCUT2D eigenvalue weighted by Gasteiger charge is -2.20. The molecule has 1 atom stereocenters. The van der Waals surface area contributed by atoms with Gasteiger partial charge in [0.1, 0.15) is 0 Å². The molecule has 0 aliphatic rings. The Morgan fingerprint density at radius 3 is 2.63 bits per heavy atom. The third kappa shape index (κ3) is 3.34. The van der Waals surface area contributed by atoms with E-state index in [2.05, 4.69) is 53.3 Å². The van der Waals surface area contributed by atoms with Crippen molar-refractivity contribution in [2.45, 2.75) is 19.9 Å². The molecular formula is C14H14BrCl2NS. The first kappa shape index (κ1) is 15.3. The topological polar surface area (TPSA) is 12.0 Å². The average molecular weight is 379 g/mol. The zero-order chi connectivity index (χ0) is 14.0. The second-order valence-electron chi connectivity index (χ2n) is 4.25. The minimum atomic E-state index is 0.0514. The fraction of sp³-hybridized carbons (Fsp3) is 0.286. The van der Waals surface area contributed by atoms with Gasteiger partial charge in [-0.25, -0.2) is 0 Å². The quantitative estimate of drug-likeness (QED) is 0.706. The molecule has 0 bridgehead atoms. The molecule has 0 radical (unpaired) electrons. The normalized spacial score (nSPS) is 12.7. The van der Waals surface area contributed by atoms with E-state index in [4.69, 9.17) is 23.2 Å². The molecule has 0 spiro atoms. The van der Waals surface area contributed by atoms with Crippen molar-refractivity contribution in [3.05, 3.63) is 54.1 Å². The number of nitrogens with one attached hydrogen (secondary N) is 1. The van der Waals surface area contributed by atoms with Crippen molar-refractivity contribution in [2.75, 3.05) is 6.54 Å². The molecule has 0 aliphatic heterocycles. The summed E-state index contributed by atoms with van der Waals surface area (Å²) in [6.07, 6.45) is 0. The lowest BCUT2D eigenvalue weighted by Crippen LogP contribution is -2.22. The van der Waals surface area contributed by atoms with Crippen LogP contribution in [-0.2, 0) is 0 Å². The molecule has 1 nitrogen and oxygen atoms in total. The monoisotopic (exact) mass is 377 g/mol. The Labute approximate surface area is 136 Å². The zero-order valence-corrected chi connectivity index (χ0v) is 14.6. The maximum absolute atomic E-state index is 6.30. The van der Waals surface area contributed by atoms with Gasteiger partial charge in [0.05, 0.1) is 14.7 Å². The van der Waals surface area contributed by atoms with Crippen LogP contribution in [0.1, 0.15) is 29.7 Å². The molecule has 102 valence electrons. The number of benzene rings is 1. The predicted molar refractivity (Wildman–Crippen MR) is 88.7 cm³/mol. The van der Waals surface area contributed by atoms with E-state index in [1.54, 1.807) is 0 Å². The van der Waals surface area contributed by atoms with E-state index in [1.807, 2.05) is 6.07 Å². The molecular weight excluding hydrogens is 365 g/mol. The van der Waals surface area contributed by atoms with E-state index in [-0.39, 0.29) is 6.04 Å². The molecule has 5 heteroatoms. The molecule has 1 N–H and O–H groups in total. The molecule has 0 aliphatic carbocycles. The van der Waals surface area contributed by atoms with E-state index in [9.17, 15) is 0 Å². The second kappa shape index (κ2) is 6.59. The van der Waals surface area contributed by atoms with Gasteiger partial charge in [-0.05, 0) is 30.7 Å². The highest BCUT2D eigenvalue weighted by Crippen LogP contribution is 2.39. The second-order valence-corrected chi connectivity index (χ2v) is 7.33. The molecule has 19 heavy (non-hydrogen) atoms. The first-order valence-corrected chi connectivity index (χ1v) is 8.34. The summed E-state index contributed by atoms with van der Waals surface area (Å²) in [4.78, 5) is 0. The van der Waals surface area contributed by atoms with Crippen LogP contribution in [0.15, 0.2) is 28.7 Å². The Morgan fingerprint density at radius 1 is 1.32 bits per heavy atom. The summed E-state index contributed by atoms with van der Waals surface area (Å²) in [6.45, 7) is 5.02. The van der Waals surface area contributed by atoms with Gasteiger partial charge in [-0.3, -0.25) is 0 Å². The molecule has 1 aromatic heterocycles. The van der Waals surface area contributed by atoms with E-state index in [0.29, 0.717) is 4.34 Å². The van der Waals surface area contributed by atoms with Gasteiger partial charge in [0.25, 0.3) is 0 Å². The van der Waals surface area contributed by atoms with Crippen molar-refractivity contribution in [3.8, 4) is 0 Å². The summed E-state index contributed by atoms with van der Waals surface area (Å²) >= 11 is 17.4. The van der Waals surface area contributed by atoms with Gasteiger partial charge >= 0.3 is 0 Å². The van der Waals surface area contributed by atoms with Gasteiger partial charge in [0.2, 0.25) is 0 Å². The van der Waals surface area contributed by atoms with Crippen molar-refractivity contribution >= 4 is 50.5 Å². The molecule has 1 unspecified atom stereocenters. The van der Waals surface area contributed by atoms with Crippen LogP contribution in [0.2, 0.25) is 8.67 Å². The highest BCUT2D eigenvalue weighted by molar-refractivity contribution is 9.10. The van der Waals surface area contributed by atoms with E-state index in [1.165, 1.54) is 22.5 Å². The molecule has 1 aromatic carbocycles. The fourth-order valence-corrected chi connectivity index (χ4v) is 4.06. The largest absolute Gasteiger partial charge is 0.306 e. The van der Waals surface area contributed by atoms with E-state index in [0.717, 1.165) is 20.9 Å². The Hall–Kier alpha value is -0.0600. The molecule has 0 saturated carbocycles. The maximum Gasteiger partial charge on any atom is 0.0995 e. The summed E-state index contributed by atoms with van der Waals surface area (Å²) in [5.41, 5.74) is 3.42. The zero-order valence-electron chi connectivity index (χ0n) is 10.6. The number of hydrogen-bond acceptors (Lipinski definition) is 2. The number of hydrogen-bond donors (Lipinski definition) is 1. The summed E-state index contributed by atoms with van der Waals surface area (Å²) in [6, 6.07) is 8.24. The van der Waals surface area contributed by atoms with Gasteiger partial charge in [-0.2, -0.15) is 0 Å². The fourth-order valence-electron chi connectivity index (χ4n) is 2.03. The van der Waals surface area contributed by atoms with Crippen LogP contribution in [0.3, 0.4) is 0 Å². The Balaban J connectivity index is 2.51. The minimum Gasteiger partial charge on any atom is -0.306 e. The Morgan fingerprint density at radius 2 is 2.05 bits per heavy atom. The number of thiophene rings is 1. The van der Waals surface area contributed by atoms with E-state index < -0.39 is 0 Å². The molecule has 1 heterocycles. The first-order valence-electron chi connectivity index (χ1n) is 5.97. The molecule has 0 saturated heterocycles. The average Bonchev–Trinajstić information content (AvgIpc) is 2.69. The van der Waals surface area contributed by atoms with Crippen LogP contribution in [0.4, 0.5) is 0 Å². The molecule has 0 fully saturated rings. The van der Waals surface area contributed by atoms with Crippen molar-refractivity contribution in [2.24, 2.45) is 0 Å². The number of halogens is 3. The van der Waals surface area contributed by atoms with Gasteiger partial charge in [0, 0.05) is 10.0 Å². The lowest BCUT2D eigenvalue weighted by molar-refractivity contribution is 0.630. The van der Waals surface area contributed by atoms with E-state index >= 15 is 0 Å². The van der Waals surface area contributed by atoms with Crippen molar-refractivity contribution in [1.29, 1.82) is 0 Å². The molecule has 2 rings (SSSR count). The first-order chi connectivity index (χ1) is 9.04. The summed E-state index contributed by atoms with van der Waals surface area (Å²) in [5, 5.41) is 3.47.